The maximum Gasteiger partial charge on any atom is 0.380 e. The summed E-state index contributed by atoms with van der Waals surface area (Å²) in [5.41, 5.74) is 1.13. The van der Waals surface area contributed by atoms with Gasteiger partial charge in [0, 0.05) is 0 Å². The molecule has 0 radical (unpaired) electrons. The van der Waals surface area contributed by atoms with Crippen LogP contribution in [-0.4, -0.2) is 14.5 Å². The molecule has 0 aromatic heterocycles. The van der Waals surface area contributed by atoms with Gasteiger partial charge in [-0.2, -0.15) is 0 Å². The maximum absolute atomic E-state index is 6.48. The van der Waals surface area contributed by atoms with Gasteiger partial charge in [0.2, 0.25) is 0 Å². The van der Waals surface area contributed by atoms with E-state index in [9.17, 15) is 0 Å². The minimum atomic E-state index is -2.78. The zero-order valence-corrected chi connectivity index (χ0v) is 17.6. The van der Waals surface area contributed by atoms with Crippen molar-refractivity contribution < 1.29 is 4.53 Å². The van der Waals surface area contributed by atoms with Crippen LogP contribution in [0.1, 0.15) is 5.56 Å². The molecule has 4 aromatic carbocycles. The van der Waals surface area contributed by atoms with Gasteiger partial charge >= 0.3 is 8.32 Å². The number of allylic oxidation sites excluding steroid dienone is 1. The summed E-state index contributed by atoms with van der Waals surface area (Å²) in [7, 11) is -2.78. The van der Waals surface area contributed by atoms with Gasteiger partial charge in [-0.05, 0) is 27.2 Å². The second kappa shape index (κ2) is 9.68. The first-order chi connectivity index (χ1) is 14.9. The standard InChI is InChI=1S/C27H23NOSi/c1-5-14-24(15-6-1)16-13-23-28-29-30(25-17-7-2-8-18-25,26-19-9-3-10-20-26)27-21-11-4-12-22-27/h1-23H. The molecule has 2 nitrogen and oxygen atoms in total. The predicted octanol–water partition coefficient (Wildman–Crippen LogP) is 4.37. The minimum absolute atomic E-state index is 1.13. The molecule has 0 aliphatic rings. The summed E-state index contributed by atoms with van der Waals surface area (Å²) >= 11 is 0. The van der Waals surface area contributed by atoms with E-state index in [0.29, 0.717) is 0 Å². The van der Waals surface area contributed by atoms with Crippen molar-refractivity contribution in [2.24, 2.45) is 5.16 Å². The fraction of sp³-hybridized carbons (Fsp3) is 0. The van der Waals surface area contributed by atoms with E-state index < -0.39 is 8.32 Å². The van der Waals surface area contributed by atoms with Crippen molar-refractivity contribution in [1.82, 2.24) is 0 Å². The van der Waals surface area contributed by atoms with Crippen LogP contribution in [0.3, 0.4) is 0 Å². The molecular weight excluding hydrogens is 382 g/mol. The zero-order valence-electron chi connectivity index (χ0n) is 16.6. The molecule has 0 fully saturated rings. The lowest BCUT2D eigenvalue weighted by molar-refractivity contribution is 0.352. The molecule has 0 atom stereocenters. The number of hydrogen-bond acceptors (Lipinski definition) is 2. The summed E-state index contributed by atoms with van der Waals surface area (Å²) in [5, 5.41) is 7.91. The molecule has 0 unspecified atom stereocenters. The van der Waals surface area contributed by atoms with Crippen LogP contribution in [-0.2, 0) is 4.53 Å². The Hall–Kier alpha value is -3.69. The quantitative estimate of drug-likeness (QED) is 0.194. The largest absolute Gasteiger partial charge is 0.438 e. The molecule has 0 heterocycles. The van der Waals surface area contributed by atoms with Gasteiger partial charge in [0.25, 0.3) is 0 Å². The van der Waals surface area contributed by atoms with Crippen LogP contribution in [0.4, 0.5) is 0 Å². The fourth-order valence-electron chi connectivity index (χ4n) is 3.54. The van der Waals surface area contributed by atoms with E-state index in [1.54, 1.807) is 6.21 Å². The van der Waals surface area contributed by atoms with Gasteiger partial charge in [0.05, 0.1) is 6.21 Å². The van der Waals surface area contributed by atoms with Gasteiger partial charge in [-0.25, -0.2) is 0 Å². The van der Waals surface area contributed by atoms with Gasteiger partial charge in [0.15, 0.2) is 0 Å². The second-order valence-corrected chi connectivity index (χ2v) is 10.2. The van der Waals surface area contributed by atoms with Crippen molar-refractivity contribution in [3.05, 3.63) is 133 Å². The molecule has 4 aromatic rings. The third-order valence-electron chi connectivity index (χ3n) is 4.97. The van der Waals surface area contributed by atoms with E-state index in [2.05, 4.69) is 90.1 Å². The maximum atomic E-state index is 6.48. The van der Waals surface area contributed by atoms with E-state index in [-0.39, 0.29) is 0 Å². The van der Waals surface area contributed by atoms with Gasteiger partial charge in [-0.1, -0.05) is 127 Å². The number of rotatable bonds is 7. The highest BCUT2D eigenvalue weighted by molar-refractivity contribution is 7.07. The SMILES string of the molecule is C(=Cc1ccccc1)C=NO[Si](c1ccccc1)(c1ccccc1)c1ccccc1. The molecule has 0 spiro atoms. The molecule has 0 aliphatic heterocycles. The van der Waals surface area contributed by atoms with Crippen LogP contribution in [0.25, 0.3) is 6.08 Å². The Morgan fingerprint density at radius 1 is 0.533 bits per heavy atom. The van der Waals surface area contributed by atoms with Gasteiger partial charge in [0.1, 0.15) is 0 Å². The Kier molecular flexibility index (Phi) is 6.33. The van der Waals surface area contributed by atoms with Crippen LogP contribution in [0.15, 0.2) is 133 Å². The molecule has 3 heteroatoms. The summed E-state index contributed by atoms with van der Waals surface area (Å²) in [6, 6.07) is 41.5. The first-order valence-electron chi connectivity index (χ1n) is 9.99. The molecule has 0 N–H and O–H groups in total. The molecule has 30 heavy (non-hydrogen) atoms. The predicted molar refractivity (Wildman–Crippen MR) is 129 cm³/mol. The first kappa shape index (κ1) is 19.6. The van der Waals surface area contributed by atoms with Crippen LogP contribution < -0.4 is 15.6 Å². The van der Waals surface area contributed by atoms with Crippen LogP contribution in [0.5, 0.6) is 0 Å². The van der Waals surface area contributed by atoms with Gasteiger partial charge < -0.3 is 4.53 Å². The Morgan fingerprint density at radius 2 is 0.933 bits per heavy atom. The molecular formula is C27H23NOSi. The highest BCUT2D eigenvalue weighted by Crippen LogP contribution is 2.10. The molecule has 0 amide bonds. The van der Waals surface area contributed by atoms with Crippen LogP contribution in [0, 0.1) is 0 Å². The van der Waals surface area contributed by atoms with E-state index in [1.165, 1.54) is 0 Å². The third kappa shape index (κ3) is 4.32. The monoisotopic (exact) mass is 405 g/mol. The Balaban J connectivity index is 1.75. The molecule has 4 rings (SSSR count). The number of benzene rings is 4. The summed E-state index contributed by atoms with van der Waals surface area (Å²) in [6.45, 7) is 0. The molecule has 146 valence electrons. The van der Waals surface area contributed by atoms with Crippen molar-refractivity contribution in [3.63, 3.8) is 0 Å². The lowest BCUT2D eigenvalue weighted by Gasteiger charge is -2.29. The molecule has 0 bridgehead atoms. The smallest absolute Gasteiger partial charge is 0.380 e. The Labute approximate surface area is 178 Å². The molecule has 0 saturated heterocycles. The first-order valence-corrected chi connectivity index (χ1v) is 11.9. The second-order valence-electron chi connectivity index (χ2n) is 6.89. The van der Waals surface area contributed by atoms with E-state index >= 15 is 0 Å². The van der Waals surface area contributed by atoms with Gasteiger partial charge in [-0.15, -0.1) is 5.16 Å². The normalized spacial score (nSPS) is 11.7. The van der Waals surface area contributed by atoms with Gasteiger partial charge in [-0.3, -0.25) is 0 Å². The average molecular weight is 406 g/mol. The average Bonchev–Trinajstić information content (AvgIpc) is 2.84. The lowest BCUT2D eigenvalue weighted by atomic mass is 10.2. The zero-order chi connectivity index (χ0) is 20.5. The summed E-state index contributed by atoms with van der Waals surface area (Å²) in [6.07, 6.45) is 5.66. The fourth-order valence-corrected chi connectivity index (χ4v) is 7.06. The summed E-state index contributed by atoms with van der Waals surface area (Å²) in [4.78, 5) is 0. The highest BCUT2D eigenvalue weighted by Gasteiger charge is 2.44. The number of hydrogen-bond donors (Lipinski definition) is 0. The van der Waals surface area contributed by atoms with Crippen molar-refractivity contribution >= 4 is 36.2 Å². The molecule has 0 saturated carbocycles. The van der Waals surface area contributed by atoms with Crippen molar-refractivity contribution in [1.29, 1.82) is 0 Å². The summed E-state index contributed by atoms with van der Waals surface area (Å²) < 4.78 is 6.48. The molecule has 0 aliphatic carbocycles. The third-order valence-corrected chi connectivity index (χ3v) is 8.78. The number of nitrogens with zero attached hydrogens (tertiary/aromatic N) is 1. The lowest BCUT2D eigenvalue weighted by Crippen LogP contribution is -2.68. The van der Waals surface area contributed by atoms with E-state index in [1.807, 2.05) is 48.6 Å². The Morgan fingerprint density at radius 3 is 1.37 bits per heavy atom. The summed E-state index contributed by atoms with van der Waals surface area (Å²) in [5.74, 6) is 0. The van der Waals surface area contributed by atoms with Crippen molar-refractivity contribution in [2.45, 2.75) is 0 Å². The Bertz CT molecular complexity index is 998. The van der Waals surface area contributed by atoms with Crippen LogP contribution >= 0.6 is 0 Å². The topological polar surface area (TPSA) is 21.6 Å². The van der Waals surface area contributed by atoms with Crippen LogP contribution in [0.2, 0.25) is 0 Å². The van der Waals surface area contributed by atoms with Crippen molar-refractivity contribution in [3.8, 4) is 0 Å². The van der Waals surface area contributed by atoms with Crippen molar-refractivity contribution in [2.75, 3.05) is 0 Å². The number of oxime groups is 1. The van der Waals surface area contributed by atoms with E-state index in [0.717, 1.165) is 21.1 Å². The van der Waals surface area contributed by atoms with E-state index in [4.69, 9.17) is 4.53 Å². The highest BCUT2D eigenvalue weighted by atomic mass is 28.4. The minimum Gasteiger partial charge on any atom is -0.438 e.